The van der Waals surface area contributed by atoms with Crippen molar-refractivity contribution in [3.8, 4) is 0 Å². The molecule has 0 aliphatic heterocycles. The Labute approximate surface area is 154 Å². The Morgan fingerprint density at radius 1 is 0.840 bits per heavy atom. The summed E-state index contributed by atoms with van der Waals surface area (Å²) in [5.74, 6) is -0.901. The number of nitrogens with one attached hydrogen (secondary N) is 1. The molecule has 0 saturated carbocycles. The van der Waals surface area contributed by atoms with Crippen molar-refractivity contribution in [3.05, 3.63) is 35.9 Å². The Kier molecular flexibility index (Phi) is 11.2. The van der Waals surface area contributed by atoms with Gasteiger partial charge in [-0.2, -0.15) is 0 Å². The minimum atomic E-state index is -1.64. The SMILES string of the molecule is CCCCCCCCCCCCCCC(O)(C([NH])=O)c1ccccc1. The summed E-state index contributed by atoms with van der Waals surface area (Å²) in [5, 5.41) is 10.6. The molecular weight excluding hydrogens is 310 g/mol. The predicted octanol–water partition coefficient (Wildman–Crippen LogP) is 5.77. The van der Waals surface area contributed by atoms with Crippen LogP contribution in [0.1, 0.15) is 96.0 Å². The molecule has 0 aliphatic carbocycles. The van der Waals surface area contributed by atoms with Crippen LogP contribution in [0.15, 0.2) is 30.3 Å². The van der Waals surface area contributed by atoms with E-state index >= 15 is 0 Å². The highest BCUT2D eigenvalue weighted by molar-refractivity contribution is 5.83. The van der Waals surface area contributed by atoms with E-state index in [9.17, 15) is 9.90 Å². The lowest BCUT2D eigenvalue weighted by molar-refractivity contribution is -0.139. The summed E-state index contributed by atoms with van der Waals surface area (Å²) in [6.07, 6.45) is 15.3. The third-order valence-electron chi connectivity index (χ3n) is 5.02. The number of hydrogen-bond acceptors (Lipinski definition) is 2. The predicted molar refractivity (Wildman–Crippen MR) is 104 cm³/mol. The van der Waals surface area contributed by atoms with Crippen LogP contribution >= 0.6 is 0 Å². The third kappa shape index (κ3) is 8.53. The molecule has 0 saturated heterocycles. The number of hydrogen-bond donors (Lipinski definition) is 1. The van der Waals surface area contributed by atoms with Crippen LogP contribution in [0, 0.1) is 0 Å². The zero-order valence-electron chi connectivity index (χ0n) is 15.9. The molecule has 3 nitrogen and oxygen atoms in total. The maximum atomic E-state index is 11.6. The van der Waals surface area contributed by atoms with Crippen LogP contribution in [0.25, 0.3) is 0 Å². The number of benzene rings is 1. The van der Waals surface area contributed by atoms with Gasteiger partial charge in [-0.3, -0.25) is 10.5 Å². The van der Waals surface area contributed by atoms with Crippen molar-refractivity contribution < 1.29 is 9.90 Å². The molecule has 1 unspecified atom stereocenters. The quantitative estimate of drug-likeness (QED) is 0.409. The lowest BCUT2D eigenvalue weighted by atomic mass is 9.87. The van der Waals surface area contributed by atoms with Gasteiger partial charge in [-0.1, -0.05) is 108 Å². The zero-order chi connectivity index (χ0) is 18.4. The number of amides is 1. The molecule has 2 N–H and O–H groups in total. The summed E-state index contributed by atoms with van der Waals surface area (Å²) >= 11 is 0. The smallest absolute Gasteiger partial charge is 0.274 e. The fraction of sp³-hybridized carbons (Fsp3) is 0.682. The van der Waals surface area contributed by atoms with Crippen molar-refractivity contribution in [2.45, 2.75) is 96.0 Å². The first-order chi connectivity index (χ1) is 12.1. The molecule has 0 fully saturated rings. The van der Waals surface area contributed by atoms with Gasteiger partial charge in [-0.05, 0) is 18.4 Å². The van der Waals surface area contributed by atoms with E-state index in [0.29, 0.717) is 12.0 Å². The Morgan fingerprint density at radius 3 is 1.72 bits per heavy atom. The van der Waals surface area contributed by atoms with Gasteiger partial charge < -0.3 is 5.11 Å². The zero-order valence-corrected chi connectivity index (χ0v) is 15.9. The van der Waals surface area contributed by atoms with Crippen molar-refractivity contribution in [2.24, 2.45) is 0 Å². The Balaban J connectivity index is 2.11. The summed E-state index contributed by atoms with van der Waals surface area (Å²) in [6.45, 7) is 2.25. The summed E-state index contributed by atoms with van der Waals surface area (Å²) in [7, 11) is 0. The molecule has 0 aliphatic rings. The minimum absolute atomic E-state index is 0.344. The molecular formula is C22H36NO2. The second-order valence-corrected chi connectivity index (χ2v) is 7.19. The Hall–Kier alpha value is -1.35. The Morgan fingerprint density at radius 2 is 1.28 bits per heavy atom. The molecule has 141 valence electrons. The number of aliphatic hydroxyl groups is 1. The highest BCUT2D eigenvalue weighted by Crippen LogP contribution is 2.28. The minimum Gasteiger partial charge on any atom is -0.375 e. The molecule has 1 radical (unpaired) electrons. The maximum Gasteiger partial charge on any atom is 0.274 e. The van der Waals surface area contributed by atoms with Gasteiger partial charge in [-0.25, -0.2) is 0 Å². The van der Waals surface area contributed by atoms with Crippen molar-refractivity contribution in [1.82, 2.24) is 5.73 Å². The second kappa shape index (κ2) is 12.9. The maximum absolute atomic E-state index is 11.6. The number of carbonyl (C=O) groups excluding carboxylic acids is 1. The third-order valence-corrected chi connectivity index (χ3v) is 5.02. The highest BCUT2D eigenvalue weighted by atomic mass is 16.3. The van der Waals surface area contributed by atoms with Crippen molar-refractivity contribution in [3.63, 3.8) is 0 Å². The number of unbranched alkanes of at least 4 members (excludes halogenated alkanes) is 11. The van der Waals surface area contributed by atoms with Crippen LogP contribution in [-0.4, -0.2) is 11.0 Å². The van der Waals surface area contributed by atoms with E-state index in [-0.39, 0.29) is 0 Å². The van der Waals surface area contributed by atoms with Crippen molar-refractivity contribution >= 4 is 5.91 Å². The first-order valence-corrected chi connectivity index (χ1v) is 10.1. The first kappa shape index (κ1) is 21.7. The lowest BCUT2D eigenvalue weighted by Crippen LogP contribution is -2.36. The largest absolute Gasteiger partial charge is 0.375 e. The van der Waals surface area contributed by atoms with E-state index in [1.54, 1.807) is 24.3 Å². The fourth-order valence-electron chi connectivity index (χ4n) is 3.32. The molecule has 1 amide bonds. The fourth-order valence-corrected chi connectivity index (χ4v) is 3.32. The summed E-state index contributed by atoms with van der Waals surface area (Å²) in [4.78, 5) is 11.6. The normalized spacial score (nSPS) is 13.5. The summed E-state index contributed by atoms with van der Waals surface area (Å²) in [5.41, 5.74) is 6.33. The second-order valence-electron chi connectivity index (χ2n) is 7.19. The molecule has 25 heavy (non-hydrogen) atoms. The van der Waals surface area contributed by atoms with E-state index in [1.807, 2.05) is 6.07 Å². The van der Waals surface area contributed by atoms with Crippen LogP contribution < -0.4 is 5.73 Å². The lowest BCUT2D eigenvalue weighted by Gasteiger charge is -2.24. The van der Waals surface area contributed by atoms with E-state index < -0.39 is 11.5 Å². The first-order valence-electron chi connectivity index (χ1n) is 10.1. The van der Waals surface area contributed by atoms with Gasteiger partial charge in [0.1, 0.15) is 0 Å². The van der Waals surface area contributed by atoms with E-state index in [1.165, 1.54) is 57.8 Å². The molecule has 1 aromatic rings. The molecule has 0 spiro atoms. The van der Waals surface area contributed by atoms with Gasteiger partial charge in [-0.15, -0.1) is 0 Å². The number of rotatable bonds is 15. The Bertz CT molecular complexity index is 460. The topological polar surface area (TPSA) is 61.1 Å². The van der Waals surface area contributed by atoms with Crippen molar-refractivity contribution in [2.75, 3.05) is 0 Å². The van der Waals surface area contributed by atoms with Crippen LogP contribution in [0.4, 0.5) is 0 Å². The molecule has 1 atom stereocenters. The molecule has 1 rings (SSSR count). The molecule has 0 heterocycles. The average molecular weight is 347 g/mol. The van der Waals surface area contributed by atoms with Crippen LogP contribution in [-0.2, 0) is 10.4 Å². The van der Waals surface area contributed by atoms with E-state index in [0.717, 1.165) is 19.3 Å². The van der Waals surface area contributed by atoms with Gasteiger partial charge in [0.05, 0.1) is 0 Å². The molecule has 0 aromatic heterocycles. The van der Waals surface area contributed by atoms with Gasteiger partial charge in [0, 0.05) is 0 Å². The average Bonchev–Trinajstić information content (AvgIpc) is 2.63. The van der Waals surface area contributed by atoms with Crippen LogP contribution in [0.5, 0.6) is 0 Å². The number of carbonyl (C=O) groups is 1. The van der Waals surface area contributed by atoms with Gasteiger partial charge in [0.25, 0.3) is 5.91 Å². The highest BCUT2D eigenvalue weighted by Gasteiger charge is 2.35. The van der Waals surface area contributed by atoms with E-state index in [4.69, 9.17) is 5.73 Å². The van der Waals surface area contributed by atoms with Crippen LogP contribution in [0.3, 0.4) is 0 Å². The molecule has 1 aromatic carbocycles. The van der Waals surface area contributed by atoms with Gasteiger partial charge >= 0.3 is 0 Å². The van der Waals surface area contributed by atoms with Gasteiger partial charge in [0.15, 0.2) is 5.60 Å². The van der Waals surface area contributed by atoms with Crippen LogP contribution in [0.2, 0.25) is 0 Å². The summed E-state index contributed by atoms with van der Waals surface area (Å²) < 4.78 is 0. The van der Waals surface area contributed by atoms with E-state index in [2.05, 4.69) is 6.92 Å². The van der Waals surface area contributed by atoms with Gasteiger partial charge in [0.2, 0.25) is 0 Å². The molecule has 3 heteroatoms. The standard InChI is InChI=1S/C22H36NO2/c1-2-3-4-5-6-7-8-9-10-11-12-16-19-22(25,21(23)24)20-17-14-13-15-18-20/h13-15,17-18,23,25H,2-12,16,19H2,1H3. The molecule has 0 bridgehead atoms. The monoisotopic (exact) mass is 346 g/mol. The summed E-state index contributed by atoms with van der Waals surface area (Å²) in [6, 6.07) is 8.90. The van der Waals surface area contributed by atoms with Crippen molar-refractivity contribution in [1.29, 1.82) is 0 Å².